The Morgan fingerprint density at radius 1 is 1.35 bits per heavy atom. The van der Waals surface area contributed by atoms with Crippen LogP contribution in [0.5, 0.6) is 0 Å². The second kappa shape index (κ2) is 8.82. The third kappa shape index (κ3) is 5.80. The predicted molar refractivity (Wildman–Crippen MR) is 83.0 cm³/mol. The lowest BCUT2D eigenvalue weighted by atomic mass is 10.1. The SMILES string of the molecule is Cl.Nc1ccc(CCNC(=O)CCC2CCCO2)cc1. The van der Waals surface area contributed by atoms with Gasteiger partial charge in [0.25, 0.3) is 0 Å². The maximum atomic E-state index is 11.7. The van der Waals surface area contributed by atoms with E-state index in [1.807, 2.05) is 24.3 Å². The van der Waals surface area contributed by atoms with Crippen LogP contribution in [0.3, 0.4) is 0 Å². The first kappa shape index (κ1) is 16.8. The molecule has 112 valence electrons. The Balaban J connectivity index is 0.00000200. The standard InChI is InChI=1S/C15H22N2O2.ClH/c16-13-5-3-12(4-6-13)9-10-17-15(18)8-7-14-2-1-11-19-14;/h3-6,14H,1-2,7-11,16H2,(H,17,18);1H. The predicted octanol–water partition coefficient (Wildman–Crippen LogP) is 2.31. The van der Waals surface area contributed by atoms with Crippen LogP contribution in [-0.2, 0) is 16.0 Å². The number of rotatable bonds is 6. The Labute approximate surface area is 126 Å². The molecule has 1 aromatic rings. The Morgan fingerprint density at radius 3 is 2.75 bits per heavy atom. The Hall–Kier alpha value is -1.26. The van der Waals surface area contributed by atoms with Gasteiger partial charge in [0.05, 0.1) is 6.10 Å². The summed E-state index contributed by atoms with van der Waals surface area (Å²) in [6.45, 7) is 1.53. The summed E-state index contributed by atoms with van der Waals surface area (Å²) in [5, 5.41) is 2.94. The zero-order chi connectivity index (χ0) is 13.5. The molecular formula is C15H23ClN2O2. The fraction of sp³-hybridized carbons (Fsp3) is 0.533. The van der Waals surface area contributed by atoms with Crippen molar-refractivity contribution >= 4 is 24.0 Å². The van der Waals surface area contributed by atoms with Crippen LogP contribution in [0.4, 0.5) is 5.69 Å². The fourth-order valence-electron chi connectivity index (χ4n) is 2.28. The molecule has 4 nitrogen and oxygen atoms in total. The highest BCUT2D eigenvalue weighted by Crippen LogP contribution is 2.16. The molecule has 1 unspecified atom stereocenters. The molecule has 1 atom stereocenters. The van der Waals surface area contributed by atoms with Gasteiger partial charge in [-0.05, 0) is 43.4 Å². The molecular weight excluding hydrogens is 276 g/mol. The van der Waals surface area contributed by atoms with E-state index in [4.69, 9.17) is 10.5 Å². The molecule has 1 saturated heterocycles. The zero-order valence-corrected chi connectivity index (χ0v) is 12.5. The van der Waals surface area contributed by atoms with Gasteiger partial charge in [0.15, 0.2) is 0 Å². The molecule has 0 spiro atoms. The van der Waals surface area contributed by atoms with E-state index in [0.717, 1.165) is 38.0 Å². The summed E-state index contributed by atoms with van der Waals surface area (Å²) in [5.41, 5.74) is 7.58. The molecule has 0 aromatic heterocycles. The van der Waals surface area contributed by atoms with Crippen molar-refractivity contribution in [1.29, 1.82) is 0 Å². The van der Waals surface area contributed by atoms with Crippen molar-refractivity contribution in [1.82, 2.24) is 5.32 Å². The second-order valence-electron chi connectivity index (χ2n) is 5.02. The van der Waals surface area contributed by atoms with Gasteiger partial charge in [-0.25, -0.2) is 0 Å². The van der Waals surface area contributed by atoms with Gasteiger partial charge in [0, 0.05) is 25.3 Å². The highest BCUT2D eigenvalue weighted by atomic mass is 35.5. The lowest BCUT2D eigenvalue weighted by molar-refractivity contribution is -0.121. The van der Waals surface area contributed by atoms with E-state index >= 15 is 0 Å². The Morgan fingerprint density at radius 2 is 2.10 bits per heavy atom. The molecule has 1 fully saturated rings. The number of anilines is 1. The van der Waals surface area contributed by atoms with Crippen molar-refractivity contribution in [3.63, 3.8) is 0 Å². The number of carbonyl (C=O) groups excluding carboxylic acids is 1. The lowest BCUT2D eigenvalue weighted by Gasteiger charge is -2.09. The maximum absolute atomic E-state index is 11.7. The number of nitrogen functional groups attached to an aromatic ring is 1. The van der Waals surface area contributed by atoms with Crippen molar-refractivity contribution in [2.75, 3.05) is 18.9 Å². The molecule has 1 amide bonds. The highest BCUT2D eigenvalue weighted by Gasteiger charge is 2.16. The molecule has 3 N–H and O–H groups in total. The number of carbonyl (C=O) groups is 1. The van der Waals surface area contributed by atoms with E-state index in [0.29, 0.717) is 19.1 Å². The summed E-state index contributed by atoms with van der Waals surface area (Å²) >= 11 is 0. The number of nitrogens with two attached hydrogens (primary N) is 1. The fourth-order valence-corrected chi connectivity index (χ4v) is 2.28. The van der Waals surface area contributed by atoms with Crippen LogP contribution in [0.15, 0.2) is 24.3 Å². The van der Waals surface area contributed by atoms with E-state index in [9.17, 15) is 4.79 Å². The van der Waals surface area contributed by atoms with Crippen LogP contribution in [0.1, 0.15) is 31.2 Å². The Kier molecular flexibility index (Phi) is 7.41. The summed E-state index contributed by atoms with van der Waals surface area (Å²) in [6.07, 6.45) is 4.76. The number of hydrogen-bond donors (Lipinski definition) is 2. The van der Waals surface area contributed by atoms with Gasteiger partial charge in [0.1, 0.15) is 0 Å². The van der Waals surface area contributed by atoms with Crippen LogP contribution >= 0.6 is 12.4 Å². The molecule has 1 aliphatic heterocycles. The first-order chi connectivity index (χ1) is 9.24. The van der Waals surface area contributed by atoms with Crippen LogP contribution in [0.2, 0.25) is 0 Å². The summed E-state index contributed by atoms with van der Waals surface area (Å²) in [4.78, 5) is 11.7. The molecule has 1 heterocycles. The van der Waals surface area contributed by atoms with E-state index in [2.05, 4.69) is 5.32 Å². The van der Waals surface area contributed by atoms with Crippen molar-refractivity contribution in [2.24, 2.45) is 0 Å². The van der Waals surface area contributed by atoms with E-state index in [-0.39, 0.29) is 18.3 Å². The third-order valence-electron chi connectivity index (χ3n) is 3.43. The lowest BCUT2D eigenvalue weighted by Crippen LogP contribution is -2.26. The Bertz CT molecular complexity index is 403. The van der Waals surface area contributed by atoms with Gasteiger partial charge in [-0.2, -0.15) is 0 Å². The van der Waals surface area contributed by atoms with Crippen molar-refractivity contribution in [3.05, 3.63) is 29.8 Å². The molecule has 0 aliphatic carbocycles. The van der Waals surface area contributed by atoms with E-state index in [1.54, 1.807) is 0 Å². The van der Waals surface area contributed by atoms with Crippen molar-refractivity contribution in [2.45, 2.75) is 38.2 Å². The molecule has 2 rings (SSSR count). The topological polar surface area (TPSA) is 64.3 Å². The van der Waals surface area contributed by atoms with Crippen LogP contribution in [0, 0.1) is 0 Å². The molecule has 0 bridgehead atoms. The van der Waals surface area contributed by atoms with Crippen LogP contribution in [0.25, 0.3) is 0 Å². The van der Waals surface area contributed by atoms with Gasteiger partial charge in [-0.3, -0.25) is 4.79 Å². The average molecular weight is 299 g/mol. The molecule has 20 heavy (non-hydrogen) atoms. The quantitative estimate of drug-likeness (QED) is 0.792. The molecule has 1 aliphatic rings. The van der Waals surface area contributed by atoms with E-state index < -0.39 is 0 Å². The van der Waals surface area contributed by atoms with Crippen LogP contribution in [-0.4, -0.2) is 25.2 Å². The van der Waals surface area contributed by atoms with E-state index in [1.165, 1.54) is 5.56 Å². The molecule has 0 saturated carbocycles. The number of benzene rings is 1. The van der Waals surface area contributed by atoms with Gasteiger partial charge < -0.3 is 15.8 Å². The minimum absolute atomic E-state index is 0. The van der Waals surface area contributed by atoms with Crippen LogP contribution < -0.4 is 11.1 Å². The van der Waals surface area contributed by atoms with Gasteiger partial charge in [0.2, 0.25) is 5.91 Å². The second-order valence-corrected chi connectivity index (χ2v) is 5.02. The number of nitrogens with one attached hydrogen (secondary N) is 1. The molecule has 5 heteroatoms. The summed E-state index contributed by atoms with van der Waals surface area (Å²) in [6, 6.07) is 7.75. The summed E-state index contributed by atoms with van der Waals surface area (Å²) in [7, 11) is 0. The molecule has 1 aromatic carbocycles. The van der Waals surface area contributed by atoms with Gasteiger partial charge in [-0.1, -0.05) is 12.1 Å². The summed E-state index contributed by atoms with van der Waals surface area (Å²) < 4.78 is 5.50. The third-order valence-corrected chi connectivity index (χ3v) is 3.43. The first-order valence-electron chi connectivity index (χ1n) is 6.97. The number of hydrogen-bond acceptors (Lipinski definition) is 3. The minimum atomic E-state index is 0. The maximum Gasteiger partial charge on any atom is 0.220 e. The number of amides is 1. The average Bonchev–Trinajstić information content (AvgIpc) is 2.92. The monoisotopic (exact) mass is 298 g/mol. The number of halogens is 1. The highest BCUT2D eigenvalue weighted by molar-refractivity contribution is 5.85. The number of ether oxygens (including phenoxy) is 1. The minimum Gasteiger partial charge on any atom is -0.399 e. The van der Waals surface area contributed by atoms with Gasteiger partial charge in [-0.15, -0.1) is 12.4 Å². The largest absolute Gasteiger partial charge is 0.399 e. The van der Waals surface area contributed by atoms with Crippen molar-refractivity contribution in [3.8, 4) is 0 Å². The van der Waals surface area contributed by atoms with Gasteiger partial charge >= 0.3 is 0 Å². The smallest absolute Gasteiger partial charge is 0.220 e. The normalized spacial score (nSPS) is 17.5. The zero-order valence-electron chi connectivity index (χ0n) is 11.6. The summed E-state index contributed by atoms with van der Waals surface area (Å²) in [5.74, 6) is 0.117. The first-order valence-corrected chi connectivity index (χ1v) is 6.97. The van der Waals surface area contributed by atoms with Crippen molar-refractivity contribution < 1.29 is 9.53 Å². The molecule has 0 radical (unpaired) electrons.